The average Bonchev–Trinajstić information content (AvgIpc) is 2.36. The summed E-state index contributed by atoms with van der Waals surface area (Å²) in [7, 11) is 1.45. The van der Waals surface area contributed by atoms with E-state index in [4.69, 9.17) is 33.0 Å². The summed E-state index contributed by atoms with van der Waals surface area (Å²) in [4.78, 5) is 22.9. The minimum Gasteiger partial charge on any atom is -0.480 e. The predicted octanol–water partition coefficient (Wildman–Crippen LogP) is 2.21. The maximum Gasteiger partial charge on any atom is 0.326 e. The molecule has 0 aliphatic heterocycles. The zero-order valence-corrected chi connectivity index (χ0v) is 11.7. The minimum absolute atomic E-state index is 0.137. The van der Waals surface area contributed by atoms with Gasteiger partial charge in [0.2, 0.25) is 0 Å². The lowest BCUT2D eigenvalue weighted by molar-refractivity contribution is -0.139. The van der Waals surface area contributed by atoms with Crippen molar-refractivity contribution in [1.29, 1.82) is 0 Å². The fourth-order valence-corrected chi connectivity index (χ4v) is 1.78. The van der Waals surface area contributed by atoms with Crippen molar-refractivity contribution < 1.29 is 19.4 Å². The molecule has 0 saturated carbocycles. The van der Waals surface area contributed by atoms with Gasteiger partial charge in [0.1, 0.15) is 6.04 Å². The summed E-state index contributed by atoms with van der Waals surface area (Å²) >= 11 is 11.6. The number of nitrogens with one attached hydrogen (secondary N) is 1. The standard InChI is InChI=1S/C12H13Cl2NO4/c1-19-5-4-10(12(17)18)15-11(16)8-6-7(13)2-3-9(8)14/h2-3,6,10H,4-5H2,1H3,(H,15,16)(H,17,18). The Hall–Kier alpha value is -1.30. The van der Waals surface area contributed by atoms with E-state index in [1.54, 1.807) is 6.07 Å². The van der Waals surface area contributed by atoms with E-state index >= 15 is 0 Å². The SMILES string of the molecule is COCCC(NC(=O)c1cc(Cl)ccc1Cl)C(=O)O. The molecule has 7 heteroatoms. The fraction of sp³-hybridized carbons (Fsp3) is 0.333. The van der Waals surface area contributed by atoms with Crippen LogP contribution < -0.4 is 5.32 Å². The summed E-state index contributed by atoms with van der Waals surface area (Å²) in [6.07, 6.45) is 0.162. The number of carboxylic acid groups (broad SMARTS) is 1. The molecule has 1 aromatic rings. The number of halogens is 2. The van der Waals surface area contributed by atoms with Gasteiger partial charge >= 0.3 is 5.97 Å². The molecular formula is C12H13Cl2NO4. The Balaban J connectivity index is 2.81. The van der Waals surface area contributed by atoms with Crippen LogP contribution in [0.4, 0.5) is 0 Å². The topological polar surface area (TPSA) is 75.6 Å². The normalized spacial score (nSPS) is 11.9. The molecule has 0 saturated heterocycles. The molecule has 1 unspecified atom stereocenters. The van der Waals surface area contributed by atoms with Gasteiger partial charge in [-0.1, -0.05) is 23.2 Å². The molecule has 0 aliphatic carbocycles. The maximum absolute atomic E-state index is 11.9. The Kier molecular flexibility index (Phi) is 6.08. The molecule has 1 aromatic carbocycles. The lowest BCUT2D eigenvalue weighted by Crippen LogP contribution is -2.41. The monoisotopic (exact) mass is 305 g/mol. The third-order valence-corrected chi connectivity index (χ3v) is 2.95. The van der Waals surface area contributed by atoms with Crippen LogP contribution in [0.2, 0.25) is 10.0 Å². The molecule has 2 N–H and O–H groups in total. The van der Waals surface area contributed by atoms with Gasteiger partial charge in [-0.15, -0.1) is 0 Å². The van der Waals surface area contributed by atoms with Crippen LogP contribution in [0.3, 0.4) is 0 Å². The van der Waals surface area contributed by atoms with Crippen LogP contribution in [0.15, 0.2) is 18.2 Å². The molecule has 0 aliphatic rings. The van der Waals surface area contributed by atoms with Crippen LogP contribution in [0.25, 0.3) is 0 Å². The molecule has 104 valence electrons. The van der Waals surface area contributed by atoms with Crippen molar-refractivity contribution in [3.8, 4) is 0 Å². The summed E-state index contributed by atoms with van der Waals surface area (Å²) in [6.45, 7) is 0.223. The first-order chi connectivity index (χ1) is 8.95. The van der Waals surface area contributed by atoms with Gasteiger partial charge in [0.25, 0.3) is 5.91 Å². The largest absolute Gasteiger partial charge is 0.480 e. The van der Waals surface area contributed by atoms with Crippen LogP contribution in [-0.4, -0.2) is 36.7 Å². The summed E-state index contributed by atoms with van der Waals surface area (Å²) in [6, 6.07) is 3.36. The van der Waals surface area contributed by atoms with E-state index in [0.717, 1.165) is 0 Å². The number of benzene rings is 1. The molecule has 0 bridgehead atoms. The fourth-order valence-electron chi connectivity index (χ4n) is 1.40. The number of amides is 1. The molecule has 1 amide bonds. The number of hydrogen-bond acceptors (Lipinski definition) is 3. The number of aliphatic carboxylic acids is 1. The van der Waals surface area contributed by atoms with Crippen LogP contribution in [-0.2, 0) is 9.53 Å². The Bertz CT molecular complexity index is 479. The molecule has 0 fully saturated rings. The van der Waals surface area contributed by atoms with E-state index < -0.39 is 17.9 Å². The van der Waals surface area contributed by atoms with E-state index in [2.05, 4.69) is 5.32 Å². The third kappa shape index (κ3) is 4.70. The highest BCUT2D eigenvalue weighted by Gasteiger charge is 2.21. The summed E-state index contributed by atoms with van der Waals surface area (Å²) in [5.41, 5.74) is 0.137. The van der Waals surface area contributed by atoms with Gasteiger partial charge in [0, 0.05) is 25.2 Å². The number of carbonyl (C=O) groups excluding carboxylic acids is 1. The molecule has 0 radical (unpaired) electrons. The summed E-state index contributed by atoms with van der Waals surface area (Å²) < 4.78 is 4.79. The van der Waals surface area contributed by atoms with Crippen LogP contribution >= 0.6 is 23.2 Å². The second-order valence-corrected chi connectivity index (χ2v) is 4.61. The smallest absolute Gasteiger partial charge is 0.326 e. The lowest BCUT2D eigenvalue weighted by Gasteiger charge is -2.14. The Labute approximate surface area is 120 Å². The number of carboxylic acids is 1. The first-order valence-electron chi connectivity index (χ1n) is 5.43. The van der Waals surface area contributed by atoms with Crippen molar-refractivity contribution in [2.45, 2.75) is 12.5 Å². The van der Waals surface area contributed by atoms with Gasteiger partial charge in [0.05, 0.1) is 10.6 Å². The zero-order valence-electron chi connectivity index (χ0n) is 10.2. The number of carbonyl (C=O) groups is 2. The molecule has 1 atom stereocenters. The average molecular weight is 306 g/mol. The van der Waals surface area contributed by atoms with E-state index in [-0.39, 0.29) is 23.6 Å². The van der Waals surface area contributed by atoms with Crippen LogP contribution in [0, 0.1) is 0 Å². The second kappa shape index (κ2) is 7.33. The van der Waals surface area contributed by atoms with Crippen molar-refractivity contribution >= 4 is 35.1 Å². The first kappa shape index (κ1) is 15.8. The Morgan fingerprint density at radius 2 is 2.11 bits per heavy atom. The van der Waals surface area contributed by atoms with E-state index in [1.807, 2.05) is 0 Å². The minimum atomic E-state index is -1.14. The van der Waals surface area contributed by atoms with E-state index in [9.17, 15) is 9.59 Å². The van der Waals surface area contributed by atoms with E-state index in [0.29, 0.717) is 5.02 Å². The van der Waals surface area contributed by atoms with Crippen molar-refractivity contribution in [3.05, 3.63) is 33.8 Å². The summed E-state index contributed by atoms with van der Waals surface area (Å²) in [5.74, 6) is -1.72. The Morgan fingerprint density at radius 1 is 1.42 bits per heavy atom. The number of ether oxygens (including phenoxy) is 1. The summed E-state index contributed by atoms with van der Waals surface area (Å²) in [5, 5.41) is 11.9. The Morgan fingerprint density at radius 3 is 2.68 bits per heavy atom. The van der Waals surface area contributed by atoms with Gasteiger partial charge < -0.3 is 15.2 Å². The first-order valence-corrected chi connectivity index (χ1v) is 6.19. The van der Waals surface area contributed by atoms with E-state index in [1.165, 1.54) is 19.2 Å². The highest BCUT2D eigenvalue weighted by atomic mass is 35.5. The number of hydrogen-bond donors (Lipinski definition) is 2. The highest BCUT2D eigenvalue weighted by Crippen LogP contribution is 2.20. The molecule has 0 heterocycles. The lowest BCUT2D eigenvalue weighted by atomic mass is 10.1. The van der Waals surface area contributed by atoms with Crippen LogP contribution in [0.1, 0.15) is 16.8 Å². The van der Waals surface area contributed by atoms with Gasteiger partial charge in [-0.25, -0.2) is 4.79 Å². The molecular weight excluding hydrogens is 293 g/mol. The predicted molar refractivity (Wildman–Crippen MR) is 71.8 cm³/mol. The van der Waals surface area contributed by atoms with Crippen LogP contribution in [0.5, 0.6) is 0 Å². The van der Waals surface area contributed by atoms with Crippen molar-refractivity contribution in [2.75, 3.05) is 13.7 Å². The molecule has 19 heavy (non-hydrogen) atoms. The molecule has 5 nitrogen and oxygen atoms in total. The number of methoxy groups -OCH3 is 1. The number of rotatable bonds is 6. The van der Waals surface area contributed by atoms with Gasteiger partial charge in [-0.3, -0.25) is 4.79 Å². The highest BCUT2D eigenvalue weighted by molar-refractivity contribution is 6.35. The molecule has 1 rings (SSSR count). The van der Waals surface area contributed by atoms with Gasteiger partial charge in [0.15, 0.2) is 0 Å². The van der Waals surface area contributed by atoms with Crippen molar-refractivity contribution in [2.24, 2.45) is 0 Å². The quantitative estimate of drug-likeness (QED) is 0.845. The van der Waals surface area contributed by atoms with Crippen molar-refractivity contribution in [3.63, 3.8) is 0 Å². The molecule has 0 spiro atoms. The van der Waals surface area contributed by atoms with Crippen molar-refractivity contribution in [1.82, 2.24) is 5.32 Å². The van der Waals surface area contributed by atoms with Gasteiger partial charge in [-0.2, -0.15) is 0 Å². The van der Waals surface area contributed by atoms with Gasteiger partial charge in [-0.05, 0) is 18.2 Å². The zero-order chi connectivity index (χ0) is 14.4. The maximum atomic E-state index is 11.9. The second-order valence-electron chi connectivity index (χ2n) is 3.77. The third-order valence-electron chi connectivity index (χ3n) is 2.39. The molecule has 0 aromatic heterocycles.